The maximum atomic E-state index is 12.1. The van der Waals surface area contributed by atoms with E-state index in [-0.39, 0.29) is 11.8 Å². The van der Waals surface area contributed by atoms with E-state index in [1.54, 1.807) is 50.8 Å². The number of pyridine rings is 2. The zero-order chi connectivity index (χ0) is 19.5. The molecule has 140 valence electrons. The minimum atomic E-state index is -0.459. The molecule has 0 aliphatic rings. The van der Waals surface area contributed by atoms with E-state index < -0.39 is 10.5 Å². The van der Waals surface area contributed by atoms with E-state index in [1.807, 2.05) is 12.1 Å². The molecule has 9 heteroatoms. The molecule has 0 radical (unpaired) electrons. The fourth-order valence-corrected chi connectivity index (χ4v) is 2.82. The lowest BCUT2D eigenvalue weighted by Gasteiger charge is -2.14. The molecule has 2 unspecified atom stereocenters. The average Bonchev–Trinajstić information content (AvgIpc) is 2.69. The van der Waals surface area contributed by atoms with Crippen LogP contribution in [-0.4, -0.2) is 44.7 Å². The van der Waals surface area contributed by atoms with Crippen molar-refractivity contribution in [2.45, 2.75) is 24.3 Å². The van der Waals surface area contributed by atoms with Gasteiger partial charge in [0.25, 0.3) is 11.8 Å². The minimum absolute atomic E-state index is 0.293. The van der Waals surface area contributed by atoms with Crippen LogP contribution in [0.1, 0.15) is 25.0 Å². The molecule has 8 nitrogen and oxygen atoms in total. The maximum absolute atomic E-state index is 12.1. The molecule has 2 aromatic heterocycles. The number of nitrogens with one attached hydrogen (secondary N) is 2. The normalized spacial score (nSPS) is 13.4. The van der Waals surface area contributed by atoms with Crippen LogP contribution >= 0.6 is 11.8 Å². The Hall–Kier alpha value is -3.07. The van der Waals surface area contributed by atoms with Gasteiger partial charge >= 0.3 is 0 Å². The van der Waals surface area contributed by atoms with Gasteiger partial charge in [0, 0.05) is 35.9 Å². The Morgan fingerprint density at radius 2 is 1.37 bits per heavy atom. The summed E-state index contributed by atoms with van der Waals surface area (Å²) in [5, 5.41) is 6.86. The highest BCUT2D eigenvalue weighted by atomic mass is 32.2. The van der Waals surface area contributed by atoms with Gasteiger partial charge in [0.2, 0.25) is 0 Å². The van der Waals surface area contributed by atoms with Gasteiger partial charge < -0.3 is 0 Å². The molecule has 0 aromatic carbocycles. The van der Waals surface area contributed by atoms with Crippen molar-refractivity contribution in [2.75, 3.05) is 0 Å². The van der Waals surface area contributed by atoms with Gasteiger partial charge in [0.05, 0.1) is 22.9 Å². The molecule has 0 spiro atoms. The Balaban J connectivity index is 1.75. The molecule has 2 aromatic rings. The lowest BCUT2D eigenvalue weighted by atomic mass is 10.3. The average molecular weight is 384 g/mol. The quantitative estimate of drug-likeness (QED) is 0.531. The molecular formula is C18H20N6O2S. The Bertz CT molecular complexity index is 731. The van der Waals surface area contributed by atoms with E-state index in [2.05, 4.69) is 31.0 Å². The second-order valence-corrected chi connectivity index (χ2v) is 7.15. The summed E-state index contributed by atoms with van der Waals surface area (Å²) >= 11 is 1.21. The Morgan fingerprint density at radius 3 is 1.74 bits per heavy atom. The van der Waals surface area contributed by atoms with E-state index in [9.17, 15) is 9.59 Å². The third kappa shape index (κ3) is 7.37. The number of amides is 2. The number of hydrogen-bond acceptors (Lipinski definition) is 7. The fourth-order valence-electron chi connectivity index (χ4n) is 1.86. The van der Waals surface area contributed by atoms with Gasteiger partial charge in [0.1, 0.15) is 0 Å². The summed E-state index contributed by atoms with van der Waals surface area (Å²) in [5.41, 5.74) is 6.46. The molecule has 2 atom stereocenters. The summed E-state index contributed by atoms with van der Waals surface area (Å²) in [6, 6.07) is 7.19. The number of nitrogens with zero attached hydrogens (tertiary/aromatic N) is 4. The van der Waals surface area contributed by atoms with Crippen molar-refractivity contribution < 1.29 is 9.59 Å². The van der Waals surface area contributed by atoms with Crippen LogP contribution in [0.3, 0.4) is 0 Å². The standard InChI is InChI=1S/C18H20N6O2S/c1-13(17(25)23-21-11-15-5-3-7-19-9-15)27-14(2)18(26)24-22-12-16-6-4-8-20-10-16/h3-14H,1-2H3,(H,23,25)(H,24,26). The van der Waals surface area contributed by atoms with E-state index in [0.717, 1.165) is 11.1 Å². The second-order valence-electron chi connectivity index (χ2n) is 5.46. The first kappa shape index (κ1) is 20.2. The molecule has 2 heterocycles. The first-order valence-electron chi connectivity index (χ1n) is 8.17. The van der Waals surface area contributed by atoms with Gasteiger partial charge in [-0.2, -0.15) is 10.2 Å². The fraction of sp³-hybridized carbons (Fsp3) is 0.222. The van der Waals surface area contributed by atoms with Crippen LogP contribution in [0.5, 0.6) is 0 Å². The van der Waals surface area contributed by atoms with Crippen LogP contribution in [0.4, 0.5) is 0 Å². The minimum Gasteiger partial charge on any atom is -0.272 e. The predicted octanol–water partition coefficient (Wildman–Crippen LogP) is 1.59. The molecule has 2 rings (SSSR count). The topological polar surface area (TPSA) is 109 Å². The van der Waals surface area contributed by atoms with Crippen molar-refractivity contribution in [2.24, 2.45) is 10.2 Å². The molecule has 0 aliphatic heterocycles. The van der Waals surface area contributed by atoms with Gasteiger partial charge in [-0.15, -0.1) is 11.8 Å². The predicted molar refractivity (Wildman–Crippen MR) is 106 cm³/mol. The van der Waals surface area contributed by atoms with E-state index in [1.165, 1.54) is 24.2 Å². The van der Waals surface area contributed by atoms with E-state index >= 15 is 0 Å². The molecule has 0 saturated carbocycles. The molecule has 2 N–H and O–H groups in total. The Morgan fingerprint density at radius 1 is 0.926 bits per heavy atom. The van der Waals surface area contributed by atoms with Crippen molar-refractivity contribution in [3.05, 3.63) is 60.2 Å². The first-order valence-corrected chi connectivity index (χ1v) is 9.12. The van der Waals surface area contributed by atoms with Crippen molar-refractivity contribution in [3.63, 3.8) is 0 Å². The van der Waals surface area contributed by atoms with Gasteiger partial charge in [-0.05, 0) is 26.0 Å². The van der Waals surface area contributed by atoms with Gasteiger partial charge in [-0.3, -0.25) is 19.6 Å². The molecule has 27 heavy (non-hydrogen) atoms. The van der Waals surface area contributed by atoms with E-state index in [4.69, 9.17) is 0 Å². The summed E-state index contributed by atoms with van der Waals surface area (Å²) in [5.74, 6) is -0.586. The summed E-state index contributed by atoms with van der Waals surface area (Å²) in [4.78, 5) is 32.0. The molecular weight excluding hydrogens is 364 g/mol. The van der Waals surface area contributed by atoms with Crippen molar-refractivity contribution in [1.82, 2.24) is 20.8 Å². The summed E-state index contributed by atoms with van der Waals surface area (Å²) < 4.78 is 0. The third-order valence-electron chi connectivity index (χ3n) is 3.29. The summed E-state index contributed by atoms with van der Waals surface area (Å²) in [6.07, 6.45) is 9.58. The zero-order valence-corrected chi connectivity index (χ0v) is 15.8. The first-order chi connectivity index (χ1) is 13.1. The van der Waals surface area contributed by atoms with E-state index in [0.29, 0.717) is 0 Å². The molecule has 0 saturated heterocycles. The molecule has 0 aliphatic carbocycles. The maximum Gasteiger partial charge on any atom is 0.252 e. The van der Waals surface area contributed by atoms with Crippen LogP contribution in [-0.2, 0) is 9.59 Å². The van der Waals surface area contributed by atoms with Gasteiger partial charge in [0.15, 0.2) is 0 Å². The number of carbonyl (C=O) groups is 2. The third-order valence-corrected chi connectivity index (χ3v) is 4.54. The zero-order valence-electron chi connectivity index (χ0n) is 14.9. The lowest BCUT2D eigenvalue weighted by molar-refractivity contribution is -0.120. The number of aromatic nitrogens is 2. The van der Waals surface area contributed by atoms with Crippen molar-refractivity contribution in [3.8, 4) is 0 Å². The number of rotatable bonds is 8. The lowest BCUT2D eigenvalue weighted by Crippen LogP contribution is -2.33. The van der Waals surface area contributed by atoms with Gasteiger partial charge in [-0.1, -0.05) is 12.1 Å². The molecule has 2 amide bonds. The number of hydrogen-bond donors (Lipinski definition) is 2. The van der Waals surface area contributed by atoms with Crippen LogP contribution in [0.2, 0.25) is 0 Å². The Labute approximate surface area is 161 Å². The van der Waals surface area contributed by atoms with Crippen LogP contribution < -0.4 is 10.9 Å². The van der Waals surface area contributed by atoms with Crippen molar-refractivity contribution >= 4 is 36.0 Å². The van der Waals surface area contributed by atoms with Gasteiger partial charge in [-0.25, -0.2) is 10.9 Å². The highest BCUT2D eigenvalue weighted by Gasteiger charge is 2.21. The highest BCUT2D eigenvalue weighted by Crippen LogP contribution is 2.17. The highest BCUT2D eigenvalue weighted by molar-refractivity contribution is 8.01. The largest absolute Gasteiger partial charge is 0.272 e. The Kier molecular flexibility index (Phi) is 8.11. The van der Waals surface area contributed by atoms with Crippen LogP contribution in [0.25, 0.3) is 0 Å². The van der Waals surface area contributed by atoms with Crippen molar-refractivity contribution in [1.29, 1.82) is 0 Å². The van der Waals surface area contributed by atoms with Crippen LogP contribution in [0.15, 0.2) is 59.3 Å². The SMILES string of the molecule is CC(SC(C)C(=O)NN=Cc1cccnc1)C(=O)NN=Cc1cccnc1. The van der Waals surface area contributed by atoms with Crippen LogP contribution in [0, 0.1) is 0 Å². The number of carbonyl (C=O) groups excluding carboxylic acids is 2. The summed E-state index contributed by atoms with van der Waals surface area (Å²) in [7, 11) is 0. The molecule has 0 bridgehead atoms. The second kappa shape index (κ2) is 10.8. The monoisotopic (exact) mass is 384 g/mol. The number of hydrazone groups is 2. The number of thioether (sulfide) groups is 1. The summed E-state index contributed by atoms with van der Waals surface area (Å²) in [6.45, 7) is 3.42. The molecule has 0 fully saturated rings. The smallest absolute Gasteiger partial charge is 0.252 e.